The molecule has 7 heteroatoms. The molecule has 0 atom stereocenters. The molecular formula is C11H14N4O3. The molecule has 1 aromatic rings. The second-order valence-electron chi connectivity index (χ2n) is 4.23. The van der Waals surface area contributed by atoms with Gasteiger partial charge in [0.1, 0.15) is 12.1 Å². The smallest absolute Gasteiger partial charge is 0.354 e. The minimum atomic E-state index is -1.08. The molecule has 0 spiro atoms. The lowest BCUT2D eigenvalue weighted by atomic mass is 9.96. The van der Waals surface area contributed by atoms with E-state index in [0.717, 1.165) is 0 Å². The normalized spacial score (nSPS) is 16.6. The fraction of sp³-hybridized carbons (Fsp3) is 0.455. The Morgan fingerprint density at radius 2 is 2.00 bits per heavy atom. The van der Waals surface area contributed by atoms with E-state index in [9.17, 15) is 9.59 Å². The predicted octanol–water partition coefficient (Wildman–Crippen LogP) is -0.124. The molecule has 0 saturated carbocycles. The molecule has 1 aromatic heterocycles. The van der Waals surface area contributed by atoms with E-state index in [1.807, 2.05) is 4.90 Å². The zero-order valence-electron chi connectivity index (χ0n) is 9.74. The maximum Gasteiger partial charge on any atom is 0.354 e. The van der Waals surface area contributed by atoms with Gasteiger partial charge in [-0.25, -0.2) is 14.8 Å². The van der Waals surface area contributed by atoms with Gasteiger partial charge in [-0.3, -0.25) is 4.79 Å². The summed E-state index contributed by atoms with van der Waals surface area (Å²) in [5.41, 5.74) is 5.22. The van der Waals surface area contributed by atoms with Crippen molar-refractivity contribution >= 4 is 17.7 Å². The van der Waals surface area contributed by atoms with E-state index >= 15 is 0 Å². The number of nitrogens with two attached hydrogens (primary N) is 1. The molecule has 0 unspecified atom stereocenters. The fourth-order valence-corrected chi connectivity index (χ4v) is 2.03. The lowest BCUT2D eigenvalue weighted by molar-refractivity contribution is -0.122. The van der Waals surface area contributed by atoms with Crippen LogP contribution in [0.25, 0.3) is 0 Å². The standard InChI is InChI=1S/C11H14N4O3/c12-10(16)7-1-3-15(4-2-7)9-5-8(11(17)18)13-6-14-9/h5-7H,1-4H2,(H2,12,16)(H,17,18). The zero-order chi connectivity index (χ0) is 13.1. The Balaban J connectivity index is 2.07. The summed E-state index contributed by atoms with van der Waals surface area (Å²) in [5.74, 6) is -0.874. The Morgan fingerprint density at radius 1 is 1.33 bits per heavy atom. The third-order valence-corrected chi connectivity index (χ3v) is 3.09. The van der Waals surface area contributed by atoms with Crippen LogP contribution >= 0.6 is 0 Å². The van der Waals surface area contributed by atoms with Gasteiger partial charge in [-0.1, -0.05) is 0 Å². The number of nitrogens with zero attached hydrogens (tertiary/aromatic N) is 3. The number of aromatic carboxylic acids is 1. The number of primary amides is 1. The lowest BCUT2D eigenvalue weighted by Crippen LogP contribution is -2.39. The summed E-state index contributed by atoms with van der Waals surface area (Å²) in [5, 5.41) is 8.85. The Labute approximate surface area is 104 Å². The fourth-order valence-electron chi connectivity index (χ4n) is 2.03. The van der Waals surface area contributed by atoms with E-state index in [4.69, 9.17) is 10.8 Å². The van der Waals surface area contributed by atoms with Gasteiger partial charge in [0, 0.05) is 25.1 Å². The van der Waals surface area contributed by atoms with E-state index in [0.29, 0.717) is 31.7 Å². The molecule has 2 rings (SSSR count). The highest BCUT2D eigenvalue weighted by molar-refractivity contribution is 5.86. The van der Waals surface area contributed by atoms with Crippen molar-refractivity contribution in [1.82, 2.24) is 9.97 Å². The average molecular weight is 250 g/mol. The summed E-state index contributed by atoms with van der Waals surface area (Å²) < 4.78 is 0. The van der Waals surface area contributed by atoms with Crippen LogP contribution in [-0.2, 0) is 4.79 Å². The molecule has 0 radical (unpaired) electrons. The summed E-state index contributed by atoms with van der Waals surface area (Å²) in [6.07, 6.45) is 2.57. The molecular weight excluding hydrogens is 236 g/mol. The van der Waals surface area contributed by atoms with Crippen molar-refractivity contribution in [2.45, 2.75) is 12.8 Å². The van der Waals surface area contributed by atoms with Crippen molar-refractivity contribution in [2.24, 2.45) is 11.7 Å². The monoisotopic (exact) mass is 250 g/mol. The van der Waals surface area contributed by atoms with E-state index in [1.54, 1.807) is 0 Å². The molecule has 2 heterocycles. The number of amides is 1. The van der Waals surface area contributed by atoms with Crippen molar-refractivity contribution in [3.8, 4) is 0 Å². The van der Waals surface area contributed by atoms with E-state index in [1.165, 1.54) is 12.4 Å². The Kier molecular flexibility index (Phi) is 3.40. The Morgan fingerprint density at radius 3 is 2.56 bits per heavy atom. The van der Waals surface area contributed by atoms with Gasteiger partial charge in [0.05, 0.1) is 0 Å². The third-order valence-electron chi connectivity index (χ3n) is 3.09. The maximum absolute atomic E-state index is 11.0. The first-order chi connectivity index (χ1) is 8.58. The summed E-state index contributed by atoms with van der Waals surface area (Å²) in [6, 6.07) is 1.44. The number of aromatic nitrogens is 2. The first-order valence-corrected chi connectivity index (χ1v) is 5.67. The maximum atomic E-state index is 11.0. The summed E-state index contributed by atoms with van der Waals surface area (Å²) in [4.78, 5) is 31.5. The van der Waals surface area contributed by atoms with Crippen molar-refractivity contribution < 1.29 is 14.7 Å². The number of carbonyl (C=O) groups is 2. The number of hydrogen-bond acceptors (Lipinski definition) is 5. The highest BCUT2D eigenvalue weighted by Gasteiger charge is 2.24. The van der Waals surface area contributed by atoms with Crippen LogP contribution in [0.4, 0.5) is 5.82 Å². The predicted molar refractivity (Wildman–Crippen MR) is 63.1 cm³/mol. The highest BCUT2D eigenvalue weighted by Crippen LogP contribution is 2.21. The number of carbonyl (C=O) groups excluding carboxylic acids is 1. The number of carboxylic acids is 1. The van der Waals surface area contributed by atoms with Crippen LogP contribution in [0.2, 0.25) is 0 Å². The van der Waals surface area contributed by atoms with Crippen molar-refractivity contribution in [3.05, 3.63) is 18.1 Å². The van der Waals surface area contributed by atoms with E-state index in [-0.39, 0.29) is 17.5 Å². The Hall–Kier alpha value is -2.18. The molecule has 1 fully saturated rings. The number of rotatable bonds is 3. The van der Waals surface area contributed by atoms with Crippen molar-refractivity contribution in [1.29, 1.82) is 0 Å². The summed E-state index contributed by atoms with van der Waals surface area (Å²) in [6.45, 7) is 1.29. The van der Waals surface area contributed by atoms with Gasteiger partial charge in [-0.05, 0) is 12.8 Å². The van der Waals surface area contributed by atoms with Crippen molar-refractivity contribution in [3.63, 3.8) is 0 Å². The number of carboxylic acid groups (broad SMARTS) is 1. The van der Waals surface area contributed by atoms with Gasteiger partial charge in [-0.2, -0.15) is 0 Å². The quantitative estimate of drug-likeness (QED) is 0.773. The van der Waals surface area contributed by atoms with Gasteiger partial charge >= 0.3 is 5.97 Å². The second-order valence-corrected chi connectivity index (χ2v) is 4.23. The number of piperidine rings is 1. The minimum absolute atomic E-state index is 0.0305. The molecule has 0 bridgehead atoms. The van der Waals surface area contributed by atoms with E-state index < -0.39 is 5.97 Å². The third kappa shape index (κ3) is 2.55. The molecule has 1 aliphatic rings. The van der Waals surface area contributed by atoms with Gasteiger partial charge in [0.25, 0.3) is 0 Å². The lowest BCUT2D eigenvalue weighted by Gasteiger charge is -2.31. The molecule has 18 heavy (non-hydrogen) atoms. The van der Waals surface area contributed by atoms with Crippen LogP contribution in [0.3, 0.4) is 0 Å². The summed E-state index contributed by atoms with van der Waals surface area (Å²) >= 11 is 0. The van der Waals surface area contributed by atoms with Gasteiger partial charge in [0.15, 0.2) is 5.69 Å². The molecule has 0 aromatic carbocycles. The highest BCUT2D eigenvalue weighted by atomic mass is 16.4. The molecule has 1 amide bonds. The SMILES string of the molecule is NC(=O)C1CCN(c2cc(C(=O)O)ncn2)CC1. The zero-order valence-corrected chi connectivity index (χ0v) is 9.74. The summed E-state index contributed by atoms with van der Waals surface area (Å²) in [7, 11) is 0. The van der Waals surface area contributed by atoms with Crippen molar-refractivity contribution in [2.75, 3.05) is 18.0 Å². The van der Waals surface area contributed by atoms with Crippen LogP contribution in [-0.4, -0.2) is 40.0 Å². The van der Waals surface area contributed by atoms with Crippen LogP contribution in [0.15, 0.2) is 12.4 Å². The Bertz CT molecular complexity index is 469. The average Bonchev–Trinajstić information content (AvgIpc) is 2.39. The number of hydrogen-bond donors (Lipinski definition) is 2. The minimum Gasteiger partial charge on any atom is -0.477 e. The molecule has 1 saturated heterocycles. The van der Waals surface area contributed by atoms with E-state index in [2.05, 4.69) is 9.97 Å². The second kappa shape index (κ2) is 4.99. The molecule has 0 aliphatic carbocycles. The van der Waals surface area contributed by atoms with Gasteiger partial charge < -0.3 is 15.7 Å². The van der Waals surface area contributed by atoms with Crippen LogP contribution < -0.4 is 10.6 Å². The van der Waals surface area contributed by atoms with Crippen LogP contribution in [0, 0.1) is 5.92 Å². The number of anilines is 1. The first-order valence-electron chi connectivity index (χ1n) is 5.67. The van der Waals surface area contributed by atoms with Crippen LogP contribution in [0.5, 0.6) is 0 Å². The van der Waals surface area contributed by atoms with Gasteiger partial charge in [-0.15, -0.1) is 0 Å². The molecule has 96 valence electrons. The van der Waals surface area contributed by atoms with Gasteiger partial charge in [0.2, 0.25) is 5.91 Å². The molecule has 7 nitrogen and oxygen atoms in total. The van der Waals surface area contributed by atoms with Crippen LogP contribution in [0.1, 0.15) is 23.3 Å². The molecule has 1 aliphatic heterocycles. The first kappa shape index (κ1) is 12.3. The topological polar surface area (TPSA) is 109 Å². The molecule has 3 N–H and O–H groups in total. The largest absolute Gasteiger partial charge is 0.477 e.